The first-order valence-corrected chi connectivity index (χ1v) is 9.80. The highest BCUT2D eigenvalue weighted by molar-refractivity contribution is 5.95. The van der Waals surface area contributed by atoms with Gasteiger partial charge in [-0.15, -0.1) is 0 Å². The zero-order chi connectivity index (χ0) is 19.1. The van der Waals surface area contributed by atoms with Crippen LogP contribution in [0.25, 0.3) is 0 Å². The molecule has 1 heterocycles. The summed E-state index contributed by atoms with van der Waals surface area (Å²) in [6.07, 6.45) is 6.08. The largest absolute Gasteiger partial charge is 0.368 e. The standard InChI is InChI=1S/C20H29N5O2/c21-20(23-17-8-9-17)25(22-15-26)18-10-13-24(14-11-18)12-4-7-19(27)16-5-2-1-3-6-16/h1-3,5-6,15,17-18H,4,7-14H2,(H2,21,23)(H,22,26). The number of hydrazine groups is 1. The maximum atomic E-state index is 12.2. The molecule has 1 aliphatic carbocycles. The number of hydrogen-bond donors (Lipinski definition) is 2. The molecule has 0 aromatic heterocycles. The Bertz CT molecular complexity index is 652. The summed E-state index contributed by atoms with van der Waals surface area (Å²) in [6, 6.07) is 9.95. The molecule has 1 aromatic carbocycles. The number of carbonyl (C=O) groups excluding carboxylic acids is 2. The molecule has 3 N–H and O–H groups in total. The molecular weight excluding hydrogens is 342 g/mol. The molecule has 1 saturated carbocycles. The number of aliphatic imine (C=N–C) groups is 1. The monoisotopic (exact) mass is 371 g/mol. The Hall–Kier alpha value is -2.41. The Morgan fingerprint density at radius 1 is 1.22 bits per heavy atom. The first-order valence-electron chi connectivity index (χ1n) is 9.80. The van der Waals surface area contributed by atoms with Gasteiger partial charge in [0, 0.05) is 25.1 Å². The van der Waals surface area contributed by atoms with E-state index in [0.29, 0.717) is 24.8 Å². The van der Waals surface area contributed by atoms with E-state index < -0.39 is 0 Å². The zero-order valence-electron chi connectivity index (χ0n) is 15.7. The summed E-state index contributed by atoms with van der Waals surface area (Å²) in [7, 11) is 0. The molecule has 0 atom stereocenters. The van der Waals surface area contributed by atoms with Crippen LogP contribution in [0.3, 0.4) is 0 Å². The molecule has 7 heteroatoms. The third kappa shape index (κ3) is 5.79. The van der Waals surface area contributed by atoms with Crippen molar-refractivity contribution in [3.8, 4) is 0 Å². The minimum Gasteiger partial charge on any atom is -0.368 e. The van der Waals surface area contributed by atoms with Crippen LogP contribution in [-0.2, 0) is 4.79 Å². The summed E-state index contributed by atoms with van der Waals surface area (Å²) in [5.74, 6) is 0.618. The normalized spacial score (nSPS) is 18.9. The van der Waals surface area contributed by atoms with Crippen LogP contribution >= 0.6 is 0 Å². The van der Waals surface area contributed by atoms with Crippen molar-refractivity contribution in [3.63, 3.8) is 0 Å². The fraction of sp³-hybridized carbons (Fsp3) is 0.550. The summed E-state index contributed by atoms with van der Waals surface area (Å²) in [5.41, 5.74) is 9.58. The lowest BCUT2D eigenvalue weighted by atomic mass is 10.0. The second kappa shape index (κ2) is 9.50. The maximum absolute atomic E-state index is 12.2. The number of hydrogen-bond acceptors (Lipinski definition) is 4. The second-order valence-corrected chi connectivity index (χ2v) is 7.30. The van der Waals surface area contributed by atoms with Crippen molar-refractivity contribution in [1.29, 1.82) is 0 Å². The van der Waals surface area contributed by atoms with E-state index in [9.17, 15) is 9.59 Å². The van der Waals surface area contributed by atoms with E-state index in [2.05, 4.69) is 15.3 Å². The van der Waals surface area contributed by atoms with Crippen molar-refractivity contribution in [1.82, 2.24) is 15.3 Å². The molecule has 0 unspecified atom stereocenters. The van der Waals surface area contributed by atoms with Gasteiger partial charge in [-0.25, -0.2) is 4.99 Å². The average Bonchev–Trinajstić information content (AvgIpc) is 3.51. The molecule has 0 radical (unpaired) electrons. The van der Waals surface area contributed by atoms with Gasteiger partial charge in [0.25, 0.3) is 0 Å². The summed E-state index contributed by atoms with van der Waals surface area (Å²) in [4.78, 5) is 29.9. The van der Waals surface area contributed by atoms with Crippen molar-refractivity contribution in [2.75, 3.05) is 19.6 Å². The van der Waals surface area contributed by atoms with Gasteiger partial charge < -0.3 is 10.6 Å². The number of nitrogens with zero attached hydrogens (tertiary/aromatic N) is 3. The molecule has 1 aliphatic heterocycles. The Labute approximate surface area is 160 Å². The fourth-order valence-corrected chi connectivity index (χ4v) is 3.50. The number of nitrogens with two attached hydrogens (primary N) is 1. The number of amides is 1. The van der Waals surface area contributed by atoms with E-state index in [1.807, 2.05) is 30.3 Å². The fourth-order valence-electron chi connectivity index (χ4n) is 3.50. The van der Waals surface area contributed by atoms with Crippen LogP contribution in [0.4, 0.5) is 0 Å². The molecule has 27 heavy (non-hydrogen) atoms. The highest BCUT2D eigenvalue weighted by Crippen LogP contribution is 2.24. The Kier molecular flexibility index (Phi) is 6.81. The topological polar surface area (TPSA) is 91.0 Å². The first-order chi connectivity index (χ1) is 13.2. The minimum atomic E-state index is 0.167. The van der Waals surface area contributed by atoms with E-state index in [1.54, 1.807) is 5.01 Å². The molecule has 0 bridgehead atoms. The zero-order valence-corrected chi connectivity index (χ0v) is 15.7. The molecular formula is C20H29N5O2. The van der Waals surface area contributed by atoms with Gasteiger partial charge in [-0.3, -0.25) is 20.0 Å². The van der Waals surface area contributed by atoms with Gasteiger partial charge in [0.15, 0.2) is 5.78 Å². The summed E-state index contributed by atoms with van der Waals surface area (Å²) < 4.78 is 0. The maximum Gasteiger partial charge on any atom is 0.225 e. The SMILES string of the molecule is NC(=NC1CC1)N(NC=O)C1CCN(CCCC(=O)c2ccccc2)CC1. The number of likely N-dealkylation sites (tertiary alicyclic amines) is 1. The lowest BCUT2D eigenvalue weighted by Crippen LogP contribution is -2.55. The molecule has 2 aliphatic rings. The number of piperidine rings is 1. The third-order valence-corrected chi connectivity index (χ3v) is 5.20. The molecule has 1 saturated heterocycles. The van der Waals surface area contributed by atoms with Crippen molar-refractivity contribution < 1.29 is 9.59 Å². The molecule has 146 valence electrons. The smallest absolute Gasteiger partial charge is 0.225 e. The molecule has 2 fully saturated rings. The predicted molar refractivity (Wildman–Crippen MR) is 105 cm³/mol. The number of guanidine groups is 1. The number of rotatable bonds is 9. The molecule has 1 amide bonds. The number of carbonyl (C=O) groups is 2. The lowest BCUT2D eigenvalue weighted by Gasteiger charge is -2.38. The molecule has 7 nitrogen and oxygen atoms in total. The number of benzene rings is 1. The Morgan fingerprint density at radius 3 is 2.56 bits per heavy atom. The van der Waals surface area contributed by atoms with Crippen LogP contribution in [0.1, 0.15) is 48.9 Å². The van der Waals surface area contributed by atoms with E-state index >= 15 is 0 Å². The van der Waals surface area contributed by atoms with Crippen molar-refractivity contribution in [3.05, 3.63) is 35.9 Å². The predicted octanol–water partition coefficient (Wildman–Crippen LogP) is 1.55. The average molecular weight is 371 g/mol. The van der Waals surface area contributed by atoms with Gasteiger partial charge in [-0.1, -0.05) is 30.3 Å². The quantitative estimate of drug-likeness (QED) is 0.226. The third-order valence-electron chi connectivity index (χ3n) is 5.20. The molecule has 0 spiro atoms. The highest BCUT2D eigenvalue weighted by atomic mass is 16.1. The summed E-state index contributed by atoms with van der Waals surface area (Å²) in [6.45, 7) is 2.77. The van der Waals surface area contributed by atoms with Crippen molar-refractivity contribution in [2.45, 2.75) is 50.6 Å². The van der Waals surface area contributed by atoms with Crippen molar-refractivity contribution in [2.24, 2.45) is 10.7 Å². The Morgan fingerprint density at radius 2 is 1.93 bits per heavy atom. The lowest BCUT2D eigenvalue weighted by molar-refractivity contribution is -0.113. The van der Waals surface area contributed by atoms with Crippen LogP contribution in [-0.4, -0.2) is 59.8 Å². The van der Waals surface area contributed by atoms with Gasteiger partial charge in [-0.05, 0) is 38.6 Å². The van der Waals surface area contributed by atoms with E-state index in [-0.39, 0.29) is 11.8 Å². The van der Waals surface area contributed by atoms with Crippen LogP contribution in [0.5, 0.6) is 0 Å². The van der Waals surface area contributed by atoms with Crippen LogP contribution < -0.4 is 11.2 Å². The van der Waals surface area contributed by atoms with Gasteiger partial charge in [-0.2, -0.15) is 0 Å². The second-order valence-electron chi connectivity index (χ2n) is 7.30. The van der Waals surface area contributed by atoms with Crippen LogP contribution in [0.15, 0.2) is 35.3 Å². The van der Waals surface area contributed by atoms with Crippen molar-refractivity contribution >= 4 is 18.2 Å². The minimum absolute atomic E-state index is 0.167. The first kappa shape index (κ1) is 19.4. The van der Waals surface area contributed by atoms with Crippen LogP contribution in [0.2, 0.25) is 0 Å². The van der Waals surface area contributed by atoms with Gasteiger partial charge in [0.05, 0.1) is 12.1 Å². The van der Waals surface area contributed by atoms with Gasteiger partial charge in [0.2, 0.25) is 12.4 Å². The van der Waals surface area contributed by atoms with E-state index in [4.69, 9.17) is 5.73 Å². The number of nitrogens with one attached hydrogen (secondary N) is 1. The highest BCUT2D eigenvalue weighted by Gasteiger charge is 2.28. The number of Topliss-reactive ketones (excluding diaryl/α,β-unsaturated/α-hetero) is 1. The summed E-state index contributed by atoms with van der Waals surface area (Å²) >= 11 is 0. The van der Waals surface area contributed by atoms with E-state index in [0.717, 1.165) is 57.3 Å². The summed E-state index contributed by atoms with van der Waals surface area (Å²) in [5, 5.41) is 1.72. The van der Waals surface area contributed by atoms with Crippen LogP contribution in [0, 0.1) is 0 Å². The number of ketones is 1. The van der Waals surface area contributed by atoms with E-state index in [1.165, 1.54) is 0 Å². The van der Waals surface area contributed by atoms with Gasteiger partial charge in [0.1, 0.15) is 0 Å². The van der Waals surface area contributed by atoms with Gasteiger partial charge >= 0.3 is 0 Å². The molecule has 1 aromatic rings. The Balaban J connectivity index is 1.41. The molecule has 3 rings (SSSR count).